The molecule has 0 aliphatic heterocycles. The first-order valence-corrected chi connectivity index (χ1v) is 6.45. The maximum Gasteiger partial charge on any atom is 0.315 e. The van der Waals surface area contributed by atoms with Gasteiger partial charge in [-0.1, -0.05) is 0 Å². The first kappa shape index (κ1) is 13.0. The summed E-state index contributed by atoms with van der Waals surface area (Å²) >= 11 is 0. The van der Waals surface area contributed by atoms with Gasteiger partial charge in [-0.2, -0.15) is 0 Å². The van der Waals surface area contributed by atoms with E-state index in [1.807, 2.05) is 13.0 Å². The average Bonchev–Trinajstić information content (AvgIpc) is 2.78. The Morgan fingerprint density at radius 1 is 1.67 bits per heavy atom. The molecule has 3 N–H and O–H groups in total. The van der Waals surface area contributed by atoms with Crippen LogP contribution in [0.4, 0.5) is 4.79 Å². The summed E-state index contributed by atoms with van der Waals surface area (Å²) in [6.45, 7) is 1.96. The standard InChI is InChI=1S/C13H20N2O3/c1-9(5-7-16)14-13(17)15-11-3-2-4-12-10(11)6-8-18-12/h6,8-9,11,16H,2-5,7H2,1H3,(H2,14,15,17)/t9-,11?/m1/s1. The molecule has 1 unspecified atom stereocenters. The number of carbonyl (C=O) groups excluding carboxylic acids is 1. The summed E-state index contributed by atoms with van der Waals surface area (Å²) in [5.74, 6) is 0.981. The lowest BCUT2D eigenvalue weighted by molar-refractivity contribution is 0.226. The Bertz CT molecular complexity index is 403. The number of hydrogen-bond donors (Lipinski definition) is 3. The lowest BCUT2D eigenvalue weighted by Gasteiger charge is -2.24. The summed E-state index contributed by atoms with van der Waals surface area (Å²) in [7, 11) is 0. The highest BCUT2D eigenvalue weighted by Crippen LogP contribution is 2.30. The number of hydrogen-bond acceptors (Lipinski definition) is 3. The van der Waals surface area contributed by atoms with E-state index < -0.39 is 0 Å². The van der Waals surface area contributed by atoms with E-state index in [0.29, 0.717) is 6.42 Å². The van der Waals surface area contributed by atoms with Crippen LogP contribution in [0.3, 0.4) is 0 Å². The summed E-state index contributed by atoms with van der Waals surface area (Å²) in [5.41, 5.74) is 1.09. The van der Waals surface area contributed by atoms with Crippen LogP contribution in [-0.4, -0.2) is 23.8 Å². The smallest absolute Gasteiger partial charge is 0.315 e. The lowest BCUT2D eigenvalue weighted by atomic mass is 9.93. The third-order valence-electron chi connectivity index (χ3n) is 3.30. The molecule has 1 heterocycles. The van der Waals surface area contributed by atoms with Gasteiger partial charge < -0.3 is 20.2 Å². The fourth-order valence-electron chi connectivity index (χ4n) is 2.33. The molecule has 1 aliphatic carbocycles. The van der Waals surface area contributed by atoms with E-state index in [9.17, 15) is 4.79 Å². The molecule has 100 valence electrons. The predicted molar refractivity (Wildman–Crippen MR) is 67.2 cm³/mol. The number of nitrogens with one attached hydrogen (secondary N) is 2. The van der Waals surface area contributed by atoms with Gasteiger partial charge in [-0.3, -0.25) is 0 Å². The van der Waals surface area contributed by atoms with Crippen LogP contribution in [0, 0.1) is 0 Å². The molecule has 0 bridgehead atoms. The van der Waals surface area contributed by atoms with Crippen molar-refractivity contribution in [3.8, 4) is 0 Å². The van der Waals surface area contributed by atoms with Crippen molar-refractivity contribution in [2.24, 2.45) is 0 Å². The molecule has 2 atom stereocenters. The van der Waals surface area contributed by atoms with Crippen molar-refractivity contribution in [2.75, 3.05) is 6.61 Å². The molecule has 0 spiro atoms. The second-order valence-electron chi connectivity index (χ2n) is 4.78. The zero-order valence-corrected chi connectivity index (χ0v) is 10.6. The summed E-state index contributed by atoms with van der Waals surface area (Å²) < 4.78 is 5.38. The number of aliphatic hydroxyl groups is 1. The summed E-state index contributed by atoms with van der Waals surface area (Å²) in [6.07, 6.45) is 5.15. The molecular formula is C13H20N2O3. The largest absolute Gasteiger partial charge is 0.469 e. The van der Waals surface area contributed by atoms with Crippen LogP contribution in [-0.2, 0) is 6.42 Å². The van der Waals surface area contributed by atoms with Gasteiger partial charge >= 0.3 is 6.03 Å². The molecular weight excluding hydrogens is 232 g/mol. The van der Waals surface area contributed by atoms with Crippen LogP contribution in [0.1, 0.15) is 43.6 Å². The van der Waals surface area contributed by atoms with Crippen LogP contribution < -0.4 is 10.6 Å². The van der Waals surface area contributed by atoms with E-state index >= 15 is 0 Å². The van der Waals surface area contributed by atoms with Gasteiger partial charge in [0.05, 0.1) is 12.3 Å². The van der Waals surface area contributed by atoms with Gasteiger partial charge in [0.25, 0.3) is 0 Å². The van der Waals surface area contributed by atoms with Gasteiger partial charge in [-0.25, -0.2) is 4.79 Å². The molecule has 5 nitrogen and oxygen atoms in total. The van der Waals surface area contributed by atoms with E-state index in [1.165, 1.54) is 0 Å². The van der Waals surface area contributed by atoms with Gasteiger partial charge in [0.15, 0.2) is 0 Å². The van der Waals surface area contributed by atoms with E-state index in [1.54, 1.807) is 6.26 Å². The molecule has 0 saturated carbocycles. The summed E-state index contributed by atoms with van der Waals surface area (Å²) in [6, 6.07) is 1.75. The first-order chi connectivity index (χ1) is 8.70. The van der Waals surface area contributed by atoms with Crippen LogP contribution in [0.15, 0.2) is 16.7 Å². The Hall–Kier alpha value is -1.49. The highest BCUT2D eigenvalue weighted by molar-refractivity contribution is 5.74. The number of rotatable bonds is 4. The normalized spacial score (nSPS) is 20.0. The number of aryl methyl sites for hydroxylation is 1. The Labute approximate surface area is 107 Å². The zero-order chi connectivity index (χ0) is 13.0. The van der Waals surface area contributed by atoms with E-state index in [-0.39, 0.29) is 24.7 Å². The van der Waals surface area contributed by atoms with Crippen molar-refractivity contribution in [1.29, 1.82) is 0 Å². The Morgan fingerprint density at radius 3 is 3.28 bits per heavy atom. The van der Waals surface area contributed by atoms with Crippen LogP contribution in [0.5, 0.6) is 0 Å². The van der Waals surface area contributed by atoms with Gasteiger partial charge in [0.1, 0.15) is 5.76 Å². The minimum Gasteiger partial charge on any atom is -0.469 e. The highest BCUT2D eigenvalue weighted by atomic mass is 16.3. The zero-order valence-electron chi connectivity index (χ0n) is 10.6. The predicted octanol–water partition coefficient (Wildman–Crippen LogP) is 1.73. The third-order valence-corrected chi connectivity index (χ3v) is 3.30. The number of amides is 2. The second kappa shape index (κ2) is 5.91. The van der Waals surface area contributed by atoms with Gasteiger partial charge in [0, 0.05) is 24.6 Å². The summed E-state index contributed by atoms with van der Waals surface area (Å²) in [5, 5.41) is 14.6. The molecule has 1 aromatic rings. The van der Waals surface area contributed by atoms with Gasteiger partial charge in [-0.05, 0) is 32.3 Å². The van der Waals surface area contributed by atoms with Crippen molar-refractivity contribution in [2.45, 2.75) is 44.7 Å². The fraction of sp³-hybridized carbons (Fsp3) is 0.615. The van der Waals surface area contributed by atoms with Crippen molar-refractivity contribution in [3.63, 3.8) is 0 Å². The third kappa shape index (κ3) is 3.04. The molecule has 18 heavy (non-hydrogen) atoms. The van der Waals surface area contributed by atoms with E-state index in [4.69, 9.17) is 9.52 Å². The lowest BCUT2D eigenvalue weighted by Crippen LogP contribution is -2.43. The maximum absolute atomic E-state index is 11.8. The minimum atomic E-state index is -0.185. The number of furan rings is 1. The fourth-order valence-corrected chi connectivity index (χ4v) is 2.33. The van der Waals surface area contributed by atoms with Gasteiger partial charge in [0.2, 0.25) is 0 Å². The maximum atomic E-state index is 11.8. The van der Waals surface area contributed by atoms with Crippen molar-refractivity contribution >= 4 is 6.03 Å². The second-order valence-corrected chi connectivity index (χ2v) is 4.78. The summed E-state index contributed by atoms with van der Waals surface area (Å²) in [4.78, 5) is 11.8. The molecule has 1 aromatic heterocycles. The molecule has 2 amide bonds. The highest BCUT2D eigenvalue weighted by Gasteiger charge is 2.24. The number of aliphatic hydroxyl groups excluding tert-OH is 1. The average molecular weight is 252 g/mol. The number of urea groups is 1. The Morgan fingerprint density at radius 2 is 2.50 bits per heavy atom. The number of carbonyl (C=O) groups is 1. The molecule has 1 aliphatic rings. The number of fused-ring (bicyclic) bond motifs is 1. The van der Waals surface area contributed by atoms with E-state index in [2.05, 4.69) is 10.6 Å². The monoisotopic (exact) mass is 252 g/mol. The molecule has 2 rings (SSSR count). The molecule has 5 heteroatoms. The van der Waals surface area contributed by atoms with Crippen LogP contribution in [0.2, 0.25) is 0 Å². The van der Waals surface area contributed by atoms with E-state index in [0.717, 1.165) is 30.6 Å². The SMILES string of the molecule is C[C@H](CCO)NC(=O)NC1CCCc2occc21. The molecule has 0 aromatic carbocycles. The van der Waals surface area contributed by atoms with Gasteiger partial charge in [-0.15, -0.1) is 0 Å². The topological polar surface area (TPSA) is 74.5 Å². The quantitative estimate of drug-likeness (QED) is 0.764. The molecule has 0 radical (unpaired) electrons. The minimum absolute atomic E-state index is 0.0255. The van der Waals surface area contributed by atoms with Crippen molar-refractivity contribution in [3.05, 3.63) is 23.7 Å². The molecule has 0 saturated heterocycles. The van der Waals surface area contributed by atoms with Crippen molar-refractivity contribution in [1.82, 2.24) is 10.6 Å². The van der Waals surface area contributed by atoms with Crippen LogP contribution >= 0.6 is 0 Å². The molecule has 0 fully saturated rings. The first-order valence-electron chi connectivity index (χ1n) is 6.45. The van der Waals surface area contributed by atoms with Crippen molar-refractivity contribution < 1.29 is 14.3 Å². The van der Waals surface area contributed by atoms with Crippen LogP contribution in [0.25, 0.3) is 0 Å². The Kier molecular flexibility index (Phi) is 4.25. The Balaban J connectivity index is 1.89.